The maximum atomic E-state index is 10.9. The van der Waals surface area contributed by atoms with Gasteiger partial charge in [-0.1, -0.05) is 6.92 Å². The minimum atomic E-state index is -0.863. The molecule has 1 aromatic rings. The molecule has 88 valence electrons. The van der Waals surface area contributed by atoms with Gasteiger partial charge in [0.1, 0.15) is 0 Å². The molecule has 1 aromatic heterocycles. The predicted octanol–water partition coefficient (Wildman–Crippen LogP) is 0.935. The van der Waals surface area contributed by atoms with Crippen LogP contribution in [0.25, 0.3) is 0 Å². The van der Waals surface area contributed by atoms with Crippen LogP contribution >= 0.6 is 0 Å². The van der Waals surface area contributed by atoms with Crippen molar-refractivity contribution < 1.29 is 14.6 Å². The summed E-state index contributed by atoms with van der Waals surface area (Å²) in [6.07, 6.45) is 4.77. The average molecular weight is 224 g/mol. The summed E-state index contributed by atoms with van der Waals surface area (Å²) in [5.41, 5.74) is 1.03. The summed E-state index contributed by atoms with van der Waals surface area (Å²) in [4.78, 5) is 15.1. The molecule has 1 fully saturated rings. The second-order valence-electron chi connectivity index (χ2n) is 4.09. The first kappa shape index (κ1) is 11.1. The van der Waals surface area contributed by atoms with Gasteiger partial charge in [-0.05, 0) is 12.8 Å². The standard InChI is InChI=1S/C11H16N2O3/c1-2-9-6-13(7-12-9)5-8-3-4-16-10(8)11(14)15/h6-8,10H,2-5H2,1H3,(H,14,15). The van der Waals surface area contributed by atoms with Gasteiger partial charge in [0.15, 0.2) is 6.10 Å². The molecule has 1 N–H and O–H groups in total. The van der Waals surface area contributed by atoms with Crippen molar-refractivity contribution in [1.29, 1.82) is 0 Å². The molecule has 0 amide bonds. The Morgan fingerprint density at radius 2 is 2.56 bits per heavy atom. The van der Waals surface area contributed by atoms with Crippen LogP contribution in [0.15, 0.2) is 12.5 Å². The molecule has 16 heavy (non-hydrogen) atoms. The Balaban J connectivity index is 2.00. The number of carboxylic acid groups (broad SMARTS) is 1. The molecular formula is C11H16N2O3. The molecule has 0 spiro atoms. The van der Waals surface area contributed by atoms with Crippen molar-refractivity contribution in [2.45, 2.75) is 32.4 Å². The lowest BCUT2D eigenvalue weighted by molar-refractivity contribution is -0.149. The highest BCUT2D eigenvalue weighted by atomic mass is 16.5. The monoisotopic (exact) mass is 224 g/mol. The molecule has 0 saturated carbocycles. The number of rotatable bonds is 4. The zero-order valence-electron chi connectivity index (χ0n) is 9.30. The van der Waals surface area contributed by atoms with E-state index in [2.05, 4.69) is 4.98 Å². The predicted molar refractivity (Wildman–Crippen MR) is 57.1 cm³/mol. The van der Waals surface area contributed by atoms with E-state index in [9.17, 15) is 4.79 Å². The first-order valence-electron chi connectivity index (χ1n) is 5.55. The highest BCUT2D eigenvalue weighted by Gasteiger charge is 2.34. The first-order valence-corrected chi connectivity index (χ1v) is 5.55. The van der Waals surface area contributed by atoms with Crippen LogP contribution in [0.1, 0.15) is 19.0 Å². The van der Waals surface area contributed by atoms with Crippen LogP contribution in [0.2, 0.25) is 0 Å². The van der Waals surface area contributed by atoms with Crippen LogP contribution in [0, 0.1) is 5.92 Å². The van der Waals surface area contributed by atoms with Gasteiger partial charge in [0.25, 0.3) is 0 Å². The van der Waals surface area contributed by atoms with Gasteiger partial charge in [0, 0.05) is 25.3 Å². The summed E-state index contributed by atoms with van der Waals surface area (Å²) in [6.45, 7) is 3.26. The van der Waals surface area contributed by atoms with E-state index in [1.807, 2.05) is 17.7 Å². The van der Waals surface area contributed by atoms with Gasteiger partial charge >= 0.3 is 5.97 Å². The van der Waals surface area contributed by atoms with E-state index in [0.29, 0.717) is 13.2 Å². The molecule has 5 nitrogen and oxygen atoms in total. The second-order valence-corrected chi connectivity index (χ2v) is 4.09. The van der Waals surface area contributed by atoms with E-state index < -0.39 is 12.1 Å². The smallest absolute Gasteiger partial charge is 0.333 e. The van der Waals surface area contributed by atoms with Gasteiger partial charge in [-0.2, -0.15) is 0 Å². The quantitative estimate of drug-likeness (QED) is 0.826. The van der Waals surface area contributed by atoms with Crippen LogP contribution < -0.4 is 0 Å². The fourth-order valence-electron chi connectivity index (χ4n) is 2.05. The van der Waals surface area contributed by atoms with Crippen molar-refractivity contribution in [1.82, 2.24) is 9.55 Å². The third-order valence-corrected chi connectivity index (χ3v) is 2.95. The van der Waals surface area contributed by atoms with E-state index in [1.165, 1.54) is 0 Å². The number of aromatic nitrogens is 2. The summed E-state index contributed by atoms with van der Waals surface area (Å²) in [6, 6.07) is 0. The third kappa shape index (κ3) is 2.24. The number of ether oxygens (including phenoxy) is 1. The number of hydrogen-bond donors (Lipinski definition) is 1. The van der Waals surface area contributed by atoms with E-state index in [0.717, 1.165) is 18.5 Å². The summed E-state index contributed by atoms with van der Waals surface area (Å²) in [5, 5.41) is 8.96. The maximum absolute atomic E-state index is 10.9. The van der Waals surface area contributed by atoms with Gasteiger partial charge in [-0.15, -0.1) is 0 Å². The highest BCUT2D eigenvalue weighted by Crippen LogP contribution is 2.23. The molecule has 0 radical (unpaired) electrons. The molecule has 2 atom stereocenters. The zero-order chi connectivity index (χ0) is 11.5. The average Bonchev–Trinajstić information content (AvgIpc) is 2.87. The maximum Gasteiger partial charge on any atom is 0.333 e. The van der Waals surface area contributed by atoms with Crippen molar-refractivity contribution in [2.75, 3.05) is 6.61 Å². The molecule has 2 unspecified atom stereocenters. The summed E-state index contributed by atoms with van der Waals surface area (Å²) in [5.74, 6) is -0.810. The SMILES string of the molecule is CCc1cn(CC2CCOC2C(=O)O)cn1. The van der Waals surface area contributed by atoms with Crippen LogP contribution in [0.5, 0.6) is 0 Å². The van der Waals surface area contributed by atoms with Crippen molar-refractivity contribution >= 4 is 5.97 Å². The molecule has 1 aliphatic heterocycles. The van der Waals surface area contributed by atoms with Gasteiger partial charge in [-0.25, -0.2) is 9.78 Å². The van der Waals surface area contributed by atoms with E-state index >= 15 is 0 Å². The number of nitrogens with zero attached hydrogens (tertiary/aromatic N) is 2. The molecule has 1 aliphatic rings. The first-order chi connectivity index (χ1) is 7.70. The number of carboxylic acids is 1. The number of carbonyl (C=O) groups is 1. The molecule has 0 aliphatic carbocycles. The number of imidazole rings is 1. The fourth-order valence-corrected chi connectivity index (χ4v) is 2.05. The fraction of sp³-hybridized carbons (Fsp3) is 0.636. The normalized spacial score (nSPS) is 24.8. The lowest BCUT2D eigenvalue weighted by Crippen LogP contribution is -2.28. The molecular weight excluding hydrogens is 208 g/mol. The Kier molecular flexibility index (Phi) is 3.24. The Bertz CT molecular complexity index is 375. The molecule has 2 heterocycles. The van der Waals surface area contributed by atoms with Crippen molar-refractivity contribution in [3.8, 4) is 0 Å². The van der Waals surface area contributed by atoms with E-state index in [-0.39, 0.29) is 5.92 Å². The second kappa shape index (κ2) is 4.65. The van der Waals surface area contributed by atoms with Gasteiger partial charge in [0.05, 0.1) is 12.0 Å². The van der Waals surface area contributed by atoms with Gasteiger partial charge in [0.2, 0.25) is 0 Å². The van der Waals surface area contributed by atoms with Crippen LogP contribution in [-0.4, -0.2) is 33.3 Å². The van der Waals surface area contributed by atoms with Crippen LogP contribution in [-0.2, 0) is 22.5 Å². The lowest BCUT2D eigenvalue weighted by Gasteiger charge is -2.14. The summed E-state index contributed by atoms with van der Waals surface area (Å²) >= 11 is 0. The van der Waals surface area contributed by atoms with Crippen molar-refractivity contribution in [3.05, 3.63) is 18.2 Å². The highest BCUT2D eigenvalue weighted by molar-refractivity contribution is 5.73. The Morgan fingerprint density at radius 1 is 1.75 bits per heavy atom. The largest absolute Gasteiger partial charge is 0.479 e. The molecule has 0 aromatic carbocycles. The van der Waals surface area contributed by atoms with Gasteiger partial charge < -0.3 is 14.4 Å². The Labute approximate surface area is 94.1 Å². The van der Waals surface area contributed by atoms with Gasteiger partial charge in [-0.3, -0.25) is 0 Å². The molecule has 0 bridgehead atoms. The number of aliphatic carboxylic acids is 1. The number of hydrogen-bond acceptors (Lipinski definition) is 3. The Morgan fingerprint density at radius 3 is 3.19 bits per heavy atom. The minimum Gasteiger partial charge on any atom is -0.479 e. The zero-order valence-corrected chi connectivity index (χ0v) is 9.30. The summed E-state index contributed by atoms with van der Waals surface area (Å²) in [7, 11) is 0. The topological polar surface area (TPSA) is 64.3 Å². The van der Waals surface area contributed by atoms with E-state index in [1.54, 1.807) is 6.33 Å². The van der Waals surface area contributed by atoms with Crippen LogP contribution in [0.3, 0.4) is 0 Å². The van der Waals surface area contributed by atoms with E-state index in [4.69, 9.17) is 9.84 Å². The third-order valence-electron chi connectivity index (χ3n) is 2.95. The molecule has 5 heteroatoms. The number of aryl methyl sites for hydroxylation is 1. The molecule has 1 saturated heterocycles. The van der Waals surface area contributed by atoms with Crippen molar-refractivity contribution in [2.24, 2.45) is 5.92 Å². The summed E-state index contributed by atoms with van der Waals surface area (Å²) < 4.78 is 7.15. The van der Waals surface area contributed by atoms with Crippen molar-refractivity contribution in [3.63, 3.8) is 0 Å². The minimum absolute atomic E-state index is 0.0522. The molecule has 2 rings (SSSR count). The lowest BCUT2D eigenvalue weighted by atomic mass is 10.0. The van der Waals surface area contributed by atoms with Crippen LogP contribution in [0.4, 0.5) is 0 Å². The Hall–Kier alpha value is -1.36.